The summed E-state index contributed by atoms with van der Waals surface area (Å²) in [4.78, 5) is 17.6. The molecule has 1 N–H and O–H groups in total. The molecule has 2 aromatic heterocycles. The van der Waals surface area contributed by atoms with E-state index in [1.165, 1.54) is 10.3 Å². The van der Waals surface area contributed by atoms with Gasteiger partial charge in [0.1, 0.15) is 0 Å². The summed E-state index contributed by atoms with van der Waals surface area (Å²) in [5, 5.41) is 2.94. The highest BCUT2D eigenvalue weighted by atomic mass is 32.1. The quantitative estimate of drug-likeness (QED) is 0.608. The van der Waals surface area contributed by atoms with Crippen LogP contribution in [0.5, 0.6) is 0 Å². The van der Waals surface area contributed by atoms with Crippen molar-refractivity contribution in [3.63, 3.8) is 0 Å². The van der Waals surface area contributed by atoms with Crippen LogP contribution in [0.25, 0.3) is 31.1 Å². The Kier molecular flexibility index (Phi) is 3.03. The molecule has 0 amide bonds. The fourth-order valence-electron chi connectivity index (χ4n) is 3.02. The third kappa shape index (κ3) is 1.95. The second kappa shape index (κ2) is 4.93. The van der Waals surface area contributed by atoms with Crippen LogP contribution in [0.4, 0.5) is 0 Å². The van der Waals surface area contributed by atoms with Crippen LogP contribution in [0.2, 0.25) is 0 Å². The van der Waals surface area contributed by atoms with E-state index in [0.717, 1.165) is 32.9 Å². The summed E-state index contributed by atoms with van der Waals surface area (Å²) in [6.07, 6.45) is 0. The van der Waals surface area contributed by atoms with Crippen molar-refractivity contribution < 1.29 is 0 Å². The second-order valence-corrected chi connectivity index (χ2v) is 6.86. The van der Waals surface area contributed by atoms with Crippen molar-refractivity contribution in [1.29, 1.82) is 0 Å². The molecule has 0 spiro atoms. The van der Waals surface area contributed by atoms with Crippen molar-refractivity contribution in [3.8, 4) is 0 Å². The Morgan fingerprint density at radius 1 is 0.955 bits per heavy atom. The minimum Gasteiger partial charge on any atom is -0.320 e. The van der Waals surface area contributed by atoms with Crippen LogP contribution in [0.15, 0.2) is 47.3 Å². The van der Waals surface area contributed by atoms with Crippen LogP contribution in [-0.4, -0.2) is 24.0 Å². The highest BCUT2D eigenvalue weighted by Gasteiger charge is 2.13. The maximum absolute atomic E-state index is 12.3. The molecule has 22 heavy (non-hydrogen) atoms. The molecule has 0 fully saturated rings. The largest absolute Gasteiger partial charge is 0.320 e. The summed E-state index contributed by atoms with van der Waals surface area (Å²) in [6, 6.07) is 14.2. The lowest BCUT2D eigenvalue weighted by Gasteiger charge is -2.09. The molecule has 0 bridgehead atoms. The zero-order valence-electron chi connectivity index (χ0n) is 12.5. The summed E-state index contributed by atoms with van der Waals surface area (Å²) in [7, 11) is 4.15. The maximum Gasteiger partial charge on any atom is 0.256 e. The lowest BCUT2D eigenvalue weighted by atomic mass is 10.1. The predicted octanol–water partition coefficient (Wildman–Crippen LogP) is 3.96. The molecule has 0 aliphatic carbocycles. The Hall–Kier alpha value is -2.17. The molecule has 2 heterocycles. The van der Waals surface area contributed by atoms with Crippen molar-refractivity contribution in [2.24, 2.45) is 0 Å². The Bertz CT molecular complexity index is 1060. The lowest BCUT2D eigenvalue weighted by molar-refractivity contribution is 0.404. The van der Waals surface area contributed by atoms with Gasteiger partial charge in [-0.3, -0.25) is 4.79 Å². The molecule has 0 saturated carbocycles. The van der Waals surface area contributed by atoms with Gasteiger partial charge in [-0.1, -0.05) is 36.4 Å². The lowest BCUT2D eigenvalue weighted by Crippen LogP contribution is -2.10. The molecule has 3 nitrogen and oxygen atoms in total. The standard InChI is InChI=1S/C18H16N2OS/c1-20(2)10-11-6-5-9-14-15-17(22-16(11)14)12-7-3-4-8-13(12)18(21)19-15/h3-9H,10H2,1-2H3,(H,19,21). The summed E-state index contributed by atoms with van der Waals surface area (Å²) in [5.41, 5.74) is 2.25. The van der Waals surface area contributed by atoms with E-state index in [2.05, 4.69) is 42.2 Å². The van der Waals surface area contributed by atoms with Crippen LogP contribution in [0, 0.1) is 0 Å². The van der Waals surface area contributed by atoms with Gasteiger partial charge in [0.25, 0.3) is 5.56 Å². The third-order valence-electron chi connectivity index (χ3n) is 3.94. The topological polar surface area (TPSA) is 36.1 Å². The first-order valence-electron chi connectivity index (χ1n) is 7.25. The molecule has 0 atom stereocenters. The monoisotopic (exact) mass is 308 g/mol. The van der Waals surface area contributed by atoms with Crippen molar-refractivity contribution in [2.45, 2.75) is 6.54 Å². The minimum atomic E-state index is -0.0131. The minimum absolute atomic E-state index is 0.0131. The van der Waals surface area contributed by atoms with Gasteiger partial charge in [-0.2, -0.15) is 0 Å². The van der Waals surface area contributed by atoms with Crippen LogP contribution >= 0.6 is 11.3 Å². The highest BCUT2D eigenvalue weighted by Crippen LogP contribution is 2.37. The number of rotatable bonds is 2. The van der Waals surface area contributed by atoms with Gasteiger partial charge in [0, 0.05) is 27.4 Å². The Morgan fingerprint density at radius 3 is 2.45 bits per heavy atom. The van der Waals surface area contributed by atoms with E-state index in [1.807, 2.05) is 24.3 Å². The summed E-state index contributed by atoms with van der Waals surface area (Å²) in [6.45, 7) is 0.895. The van der Waals surface area contributed by atoms with Crippen molar-refractivity contribution in [1.82, 2.24) is 9.88 Å². The SMILES string of the molecule is CN(C)Cc1cccc2c1sc1c3ccccc3c(=O)[nH]c21. The normalized spacial score (nSPS) is 12.0. The second-order valence-electron chi connectivity index (χ2n) is 5.84. The zero-order valence-corrected chi connectivity index (χ0v) is 13.3. The summed E-state index contributed by atoms with van der Waals surface area (Å²) < 4.78 is 2.43. The number of aromatic nitrogens is 1. The van der Waals surface area contributed by atoms with Crippen molar-refractivity contribution in [2.75, 3.05) is 14.1 Å². The van der Waals surface area contributed by atoms with Gasteiger partial charge in [-0.15, -0.1) is 11.3 Å². The van der Waals surface area contributed by atoms with Gasteiger partial charge < -0.3 is 9.88 Å². The molecule has 2 aromatic carbocycles. The molecule has 4 rings (SSSR count). The van der Waals surface area contributed by atoms with Gasteiger partial charge in [0.05, 0.1) is 10.2 Å². The van der Waals surface area contributed by atoms with E-state index < -0.39 is 0 Å². The number of aromatic amines is 1. The smallest absolute Gasteiger partial charge is 0.256 e. The van der Waals surface area contributed by atoms with E-state index in [9.17, 15) is 4.79 Å². The fraction of sp³-hybridized carbons (Fsp3) is 0.167. The molecular weight excluding hydrogens is 292 g/mol. The highest BCUT2D eigenvalue weighted by molar-refractivity contribution is 7.26. The van der Waals surface area contributed by atoms with Gasteiger partial charge in [-0.25, -0.2) is 0 Å². The number of H-pyrrole nitrogens is 1. The zero-order chi connectivity index (χ0) is 15.3. The molecule has 0 unspecified atom stereocenters. The van der Waals surface area contributed by atoms with E-state index in [1.54, 1.807) is 11.3 Å². The molecule has 4 aromatic rings. The van der Waals surface area contributed by atoms with Crippen LogP contribution in [-0.2, 0) is 6.54 Å². The number of hydrogen-bond donors (Lipinski definition) is 1. The van der Waals surface area contributed by atoms with Crippen molar-refractivity contribution >= 4 is 42.4 Å². The number of hydrogen-bond acceptors (Lipinski definition) is 3. The average Bonchev–Trinajstić information content (AvgIpc) is 2.87. The molecule has 0 saturated heterocycles. The number of thiophene rings is 1. The number of pyridine rings is 1. The molecular formula is C18H16N2OS. The summed E-state index contributed by atoms with van der Waals surface area (Å²) in [5.74, 6) is 0. The van der Waals surface area contributed by atoms with Crippen LogP contribution in [0.3, 0.4) is 0 Å². The Morgan fingerprint density at radius 2 is 1.68 bits per heavy atom. The molecule has 110 valence electrons. The number of nitrogens with zero attached hydrogens (tertiary/aromatic N) is 1. The van der Waals surface area contributed by atoms with E-state index in [0.29, 0.717) is 0 Å². The average molecular weight is 308 g/mol. The number of fused-ring (bicyclic) bond motifs is 5. The van der Waals surface area contributed by atoms with Crippen LogP contribution in [0.1, 0.15) is 5.56 Å². The number of benzene rings is 2. The van der Waals surface area contributed by atoms with E-state index in [-0.39, 0.29) is 5.56 Å². The fourth-order valence-corrected chi connectivity index (χ4v) is 4.32. The first-order valence-corrected chi connectivity index (χ1v) is 8.06. The predicted molar refractivity (Wildman–Crippen MR) is 94.8 cm³/mol. The molecule has 4 heteroatoms. The molecule has 0 aliphatic rings. The maximum atomic E-state index is 12.3. The molecule has 0 radical (unpaired) electrons. The van der Waals surface area contributed by atoms with Crippen molar-refractivity contribution in [3.05, 3.63) is 58.4 Å². The third-order valence-corrected chi connectivity index (χ3v) is 5.25. The van der Waals surface area contributed by atoms with Gasteiger partial charge in [-0.05, 0) is 25.7 Å². The summed E-state index contributed by atoms with van der Waals surface area (Å²) >= 11 is 1.77. The van der Waals surface area contributed by atoms with Gasteiger partial charge in [0.2, 0.25) is 0 Å². The van der Waals surface area contributed by atoms with E-state index >= 15 is 0 Å². The first-order chi connectivity index (χ1) is 10.6. The Balaban J connectivity index is 2.18. The number of nitrogens with one attached hydrogen (secondary N) is 1. The van der Waals surface area contributed by atoms with Gasteiger partial charge in [0.15, 0.2) is 0 Å². The van der Waals surface area contributed by atoms with Gasteiger partial charge >= 0.3 is 0 Å². The first kappa shape index (κ1) is 13.5. The Labute approximate surface area is 131 Å². The van der Waals surface area contributed by atoms with E-state index in [4.69, 9.17) is 0 Å². The van der Waals surface area contributed by atoms with Crippen LogP contribution < -0.4 is 5.56 Å². The molecule has 0 aliphatic heterocycles.